The normalized spacial score (nSPS) is 12.8. The minimum absolute atomic E-state index is 0.0231. The Bertz CT molecular complexity index is 1180. The summed E-state index contributed by atoms with van der Waals surface area (Å²) in [6.45, 7) is 2.10. The lowest BCUT2D eigenvalue weighted by Crippen LogP contribution is -2.50. The van der Waals surface area contributed by atoms with Gasteiger partial charge in [-0.3, -0.25) is 4.79 Å². The summed E-state index contributed by atoms with van der Waals surface area (Å²) in [7, 11) is -3.28. The predicted molar refractivity (Wildman–Crippen MR) is 163 cm³/mol. The highest BCUT2D eigenvalue weighted by Crippen LogP contribution is 2.17. The summed E-state index contributed by atoms with van der Waals surface area (Å²) >= 11 is 0. The van der Waals surface area contributed by atoms with Crippen molar-refractivity contribution in [2.75, 3.05) is 13.2 Å². The van der Waals surface area contributed by atoms with Crippen molar-refractivity contribution in [1.29, 1.82) is 0 Å². The van der Waals surface area contributed by atoms with Gasteiger partial charge in [0.2, 0.25) is 0 Å². The van der Waals surface area contributed by atoms with E-state index in [1.165, 1.54) is 0 Å². The highest BCUT2D eigenvalue weighted by molar-refractivity contribution is 6.80. The van der Waals surface area contributed by atoms with Gasteiger partial charge in [-0.05, 0) is 40.5 Å². The molecular weight excluding hydrogens is 533 g/mol. The summed E-state index contributed by atoms with van der Waals surface area (Å²) in [6.07, 6.45) is 0.260. The Hall–Kier alpha value is -3.34. The van der Waals surface area contributed by atoms with Gasteiger partial charge in [-0.1, -0.05) is 121 Å². The SMILES string of the molecule is CCOC(=O)CC(CC(CCO)O[Si](c1ccccc1)c1ccccc1)O[Si](c1ccccc1)c1ccccc1. The molecule has 7 heteroatoms. The fourth-order valence-electron chi connectivity index (χ4n) is 4.54. The summed E-state index contributed by atoms with van der Waals surface area (Å²) < 4.78 is 19.0. The highest BCUT2D eigenvalue weighted by atomic mass is 28.3. The second kappa shape index (κ2) is 16.1. The lowest BCUT2D eigenvalue weighted by atomic mass is 10.1. The standard InChI is InChI=1S/C33H36O5Si2/c1-2-36-33(35)26-28(38-40(31-19-11-5-12-20-31)32-21-13-6-14-22-32)25-27(23-24-34)37-39(29-15-7-3-8-16-29)30-17-9-4-10-18-30/h3-22,27-28,34H,2,23-26H2,1H3. The van der Waals surface area contributed by atoms with Gasteiger partial charge in [0.05, 0.1) is 25.2 Å². The Morgan fingerprint density at radius 2 is 1.02 bits per heavy atom. The van der Waals surface area contributed by atoms with Crippen LogP contribution in [0.1, 0.15) is 26.2 Å². The van der Waals surface area contributed by atoms with Crippen LogP contribution in [-0.4, -0.2) is 54.6 Å². The lowest BCUT2D eigenvalue weighted by Gasteiger charge is -2.29. The Morgan fingerprint density at radius 1 is 0.650 bits per heavy atom. The van der Waals surface area contributed by atoms with E-state index >= 15 is 0 Å². The summed E-state index contributed by atoms with van der Waals surface area (Å²) in [5, 5.41) is 14.5. The first-order chi connectivity index (χ1) is 19.7. The third-order valence-electron chi connectivity index (χ3n) is 6.39. The zero-order valence-electron chi connectivity index (χ0n) is 22.8. The molecular formula is C33H36O5Si2. The number of aliphatic hydroxyl groups is 1. The first-order valence-electron chi connectivity index (χ1n) is 13.7. The van der Waals surface area contributed by atoms with E-state index < -0.39 is 24.2 Å². The zero-order chi connectivity index (χ0) is 28.0. The Morgan fingerprint density at radius 3 is 1.38 bits per heavy atom. The van der Waals surface area contributed by atoms with Crippen LogP contribution in [0.3, 0.4) is 0 Å². The molecule has 0 spiro atoms. The molecule has 0 aliphatic carbocycles. The van der Waals surface area contributed by atoms with E-state index in [9.17, 15) is 9.90 Å². The monoisotopic (exact) mass is 568 g/mol. The van der Waals surface area contributed by atoms with Crippen molar-refractivity contribution < 1.29 is 23.5 Å². The first-order valence-corrected chi connectivity index (χ1v) is 16.5. The number of hydrogen-bond acceptors (Lipinski definition) is 5. The van der Waals surface area contributed by atoms with E-state index in [0.29, 0.717) is 19.4 Å². The third kappa shape index (κ3) is 8.84. The second-order valence-corrected chi connectivity index (χ2v) is 13.5. The quantitative estimate of drug-likeness (QED) is 0.176. The molecule has 0 fully saturated rings. The van der Waals surface area contributed by atoms with Crippen molar-refractivity contribution in [2.45, 2.75) is 38.4 Å². The van der Waals surface area contributed by atoms with E-state index in [-0.39, 0.29) is 25.1 Å². The van der Waals surface area contributed by atoms with Crippen molar-refractivity contribution >= 4 is 44.8 Å². The average Bonchev–Trinajstić information content (AvgIpc) is 3.00. The summed E-state index contributed by atoms with van der Waals surface area (Å²) in [5.41, 5.74) is 0. The molecule has 2 unspecified atom stereocenters. The number of carbonyl (C=O) groups excluding carboxylic acids is 1. The Balaban J connectivity index is 1.63. The Kier molecular flexibility index (Phi) is 11.9. The fraction of sp³-hybridized carbons (Fsp3) is 0.242. The van der Waals surface area contributed by atoms with Crippen LogP contribution in [0.15, 0.2) is 121 Å². The molecule has 0 amide bonds. The van der Waals surface area contributed by atoms with E-state index in [4.69, 9.17) is 13.6 Å². The largest absolute Gasteiger partial charge is 0.466 e. The third-order valence-corrected chi connectivity index (χ3v) is 11.0. The maximum atomic E-state index is 12.7. The molecule has 4 aromatic rings. The van der Waals surface area contributed by atoms with Gasteiger partial charge in [0.25, 0.3) is 18.1 Å². The molecule has 2 atom stereocenters. The zero-order valence-corrected chi connectivity index (χ0v) is 24.8. The number of hydrogen-bond donors (Lipinski definition) is 1. The Labute approximate surface area is 240 Å². The average molecular weight is 569 g/mol. The van der Waals surface area contributed by atoms with Crippen LogP contribution in [0.25, 0.3) is 0 Å². The second-order valence-electron chi connectivity index (χ2n) is 9.36. The van der Waals surface area contributed by atoms with Crippen molar-refractivity contribution in [3.05, 3.63) is 121 Å². The van der Waals surface area contributed by atoms with Crippen LogP contribution in [0.5, 0.6) is 0 Å². The maximum Gasteiger partial charge on any atom is 0.308 e. The molecule has 0 aliphatic heterocycles. The van der Waals surface area contributed by atoms with Gasteiger partial charge in [0.1, 0.15) is 0 Å². The fourth-order valence-corrected chi connectivity index (χ4v) is 8.79. The smallest absolute Gasteiger partial charge is 0.308 e. The molecule has 4 rings (SSSR count). The van der Waals surface area contributed by atoms with Gasteiger partial charge in [-0.2, -0.15) is 0 Å². The minimum atomic E-state index is -1.67. The van der Waals surface area contributed by atoms with Gasteiger partial charge >= 0.3 is 5.97 Å². The summed E-state index contributed by atoms with van der Waals surface area (Å²) in [5.74, 6) is -0.297. The number of esters is 1. The molecule has 0 aromatic heterocycles. The summed E-state index contributed by atoms with van der Waals surface area (Å²) in [6, 6.07) is 40.8. The molecule has 40 heavy (non-hydrogen) atoms. The van der Waals surface area contributed by atoms with Gasteiger partial charge < -0.3 is 18.7 Å². The number of rotatable bonds is 15. The van der Waals surface area contributed by atoms with Crippen LogP contribution in [0, 0.1) is 0 Å². The number of benzene rings is 4. The summed E-state index contributed by atoms with van der Waals surface area (Å²) in [4.78, 5) is 12.7. The van der Waals surface area contributed by atoms with Crippen molar-refractivity contribution in [3.63, 3.8) is 0 Å². The predicted octanol–water partition coefficient (Wildman–Crippen LogP) is 3.09. The van der Waals surface area contributed by atoms with E-state index in [0.717, 1.165) is 20.7 Å². The van der Waals surface area contributed by atoms with E-state index in [1.54, 1.807) is 0 Å². The highest BCUT2D eigenvalue weighted by Gasteiger charge is 2.30. The lowest BCUT2D eigenvalue weighted by molar-refractivity contribution is -0.145. The van der Waals surface area contributed by atoms with Crippen LogP contribution < -0.4 is 20.7 Å². The molecule has 4 aromatic carbocycles. The van der Waals surface area contributed by atoms with Crippen LogP contribution in [0.2, 0.25) is 0 Å². The molecule has 1 N–H and O–H groups in total. The molecule has 2 radical (unpaired) electrons. The first kappa shape index (κ1) is 29.6. The van der Waals surface area contributed by atoms with Crippen LogP contribution in [-0.2, 0) is 18.4 Å². The van der Waals surface area contributed by atoms with Gasteiger partial charge in [0, 0.05) is 6.61 Å². The topological polar surface area (TPSA) is 65.0 Å². The van der Waals surface area contributed by atoms with Crippen molar-refractivity contribution in [3.8, 4) is 0 Å². The molecule has 0 saturated heterocycles. The van der Waals surface area contributed by atoms with E-state index in [2.05, 4.69) is 48.5 Å². The molecule has 0 bridgehead atoms. The molecule has 5 nitrogen and oxygen atoms in total. The van der Waals surface area contributed by atoms with Crippen molar-refractivity contribution in [2.24, 2.45) is 0 Å². The number of carbonyl (C=O) groups is 1. The van der Waals surface area contributed by atoms with Gasteiger partial charge in [-0.25, -0.2) is 0 Å². The molecule has 206 valence electrons. The molecule has 0 aliphatic rings. The van der Waals surface area contributed by atoms with E-state index in [1.807, 2.05) is 79.7 Å². The minimum Gasteiger partial charge on any atom is -0.466 e. The number of ether oxygens (including phenoxy) is 1. The molecule has 0 saturated carbocycles. The number of aliphatic hydroxyl groups excluding tert-OH is 1. The molecule has 0 heterocycles. The van der Waals surface area contributed by atoms with Crippen molar-refractivity contribution in [1.82, 2.24) is 0 Å². The van der Waals surface area contributed by atoms with Crippen LogP contribution in [0.4, 0.5) is 0 Å². The van der Waals surface area contributed by atoms with Gasteiger partial charge in [0.15, 0.2) is 0 Å². The maximum absolute atomic E-state index is 12.7. The van der Waals surface area contributed by atoms with Crippen LogP contribution >= 0.6 is 0 Å². The van der Waals surface area contributed by atoms with Gasteiger partial charge in [-0.15, -0.1) is 0 Å².